The monoisotopic (exact) mass is 365 g/mol. The van der Waals surface area contributed by atoms with E-state index >= 15 is 0 Å². The number of benzene rings is 2. The second-order valence-corrected chi connectivity index (χ2v) is 7.01. The Labute approximate surface area is 163 Å². The predicted octanol–water partition coefficient (Wildman–Crippen LogP) is 6.64. The van der Waals surface area contributed by atoms with Crippen LogP contribution in [0, 0.1) is 11.7 Å². The van der Waals surface area contributed by atoms with Gasteiger partial charge in [0.15, 0.2) is 0 Å². The molecule has 2 aromatic rings. The summed E-state index contributed by atoms with van der Waals surface area (Å²) in [5.74, 6) is 0.530. The average Bonchev–Trinajstić information content (AvgIpc) is 3.39. The van der Waals surface area contributed by atoms with Gasteiger partial charge in [-0.15, -0.1) is 0 Å². The number of halogens is 1. The van der Waals surface area contributed by atoms with E-state index in [4.69, 9.17) is 5.73 Å². The number of allylic oxidation sites excluding steroid dienone is 3. The Balaban J connectivity index is 0.00000126. The molecule has 3 rings (SSSR count). The summed E-state index contributed by atoms with van der Waals surface area (Å²) < 4.78 is 13.1. The highest BCUT2D eigenvalue weighted by molar-refractivity contribution is 5.73. The van der Waals surface area contributed by atoms with Gasteiger partial charge in [-0.2, -0.15) is 0 Å². The lowest BCUT2D eigenvalue weighted by Crippen LogP contribution is -2.10. The van der Waals surface area contributed by atoms with Gasteiger partial charge in [0.05, 0.1) is 0 Å². The standard InChI is InChI=1S/C23H26FN.C2H6/c1-3-23(15-17(23)2)22-10-5-4-7-19(22)8-6-9-20(16-25)18-11-13-21(24)14-12-18;1-2/h4-7,9-14,16-17H,3,8,15,25H2,1-2H3;1-2H3/b9-6-,20-16+;. The molecule has 2 heteroatoms. The van der Waals surface area contributed by atoms with Crippen LogP contribution >= 0.6 is 0 Å². The maximum Gasteiger partial charge on any atom is 0.123 e. The SMILES string of the molecule is CC.CCC1(c2ccccc2C/C=C\C(=C/N)c2ccc(F)cc2)CC1C. The largest absolute Gasteiger partial charge is 0.404 e. The molecule has 0 aromatic heterocycles. The van der Waals surface area contributed by atoms with Crippen LogP contribution in [0.25, 0.3) is 5.57 Å². The van der Waals surface area contributed by atoms with E-state index in [1.165, 1.54) is 36.1 Å². The van der Waals surface area contributed by atoms with Crippen molar-refractivity contribution in [1.82, 2.24) is 0 Å². The fourth-order valence-electron chi connectivity index (χ4n) is 3.93. The molecule has 0 saturated heterocycles. The van der Waals surface area contributed by atoms with Crippen molar-refractivity contribution in [3.8, 4) is 0 Å². The third-order valence-electron chi connectivity index (χ3n) is 5.63. The molecule has 0 spiro atoms. The van der Waals surface area contributed by atoms with Crippen molar-refractivity contribution in [2.75, 3.05) is 0 Å². The van der Waals surface area contributed by atoms with E-state index in [0.29, 0.717) is 5.41 Å². The summed E-state index contributed by atoms with van der Waals surface area (Å²) in [6.07, 6.45) is 9.11. The highest BCUT2D eigenvalue weighted by Crippen LogP contribution is 2.57. The number of nitrogens with two attached hydrogens (primary N) is 1. The van der Waals surface area contributed by atoms with Crippen LogP contribution in [0.3, 0.4) is 0 Å². The van der Waals surface area contributed by atoms with Crippen molar-refractivity contribution in [2.45, 2.75) is 52.4 Å². The third kappa shape index (κ3) is 4.68. The summed E-state index contributed by atoms with van der Waals surface area (Å²) in [4.78, 5) is 0. The van der Waals surface area contributed by atoms with Gasteiger partial charge in [-0.05, 0) is 65.0 Å². The molecule has 27 heavy (non-hydrogen) atoms. The zero-order valence-electron chi connectivity index (χ0n) is 17.0. The summed E-state index contributed by atoms with van der Waals surface area (Å²) >= 11 is 0. The first kappa shape index (κ1) is 21.0. The van der Waals surface area contributed by atoms with Crippen molar-refractivity contribution in [3.05, 3.63) is 89.4 Å². The Kier molecular flexibility index (Phi) is 7.41. The minimum atomic E-state index is -0.235. The van der Waals surface area contributed by atoms with Crippen molar-refractivity contribution >= 4 is 5.57 Å². The average molecular weight is 366 g/mol. The zero-order valence-corrected chi connectivity index (χ0v) is 17.0. The van der Waals surface area contributed by atoms with E-state index in [-0.39, 0.29) is 5.82 Å². The smallest absolute Gasteiger partial charge is 0.123 e. The molecule has 144 valence electrons. The Hall–Kier alpha value is -2.35. The van der Waals surface area contributed by atoms with Crippen LogP contribution in [-0.2, 0) is 11.8 Å². The van der Waals surface area contributed by atoms with Crippen LogP contribution in [0.4, 0.5) is 4.39 Å². The van der Waals surface area contributed by atoms with E-state index in [0.717, 1.165) is 23.5 Å². The van der Waals surface area contributed by atoms with Crippen LogP contribution in [0.15, 0.2) is 66.9 Å². The lowest BCUT2D eigenvalue weighted by molar-refractivity contribution is 0.602. The van der Waals surface area contributed by atoms with Gasteiger partial charge in [0.25, 0.3) is 0 Å². The molecular formula is C25H32FN. The minimum absolute atomic E-state index is 0.235. The molecule has 1 fully saturated rings. The number of rotatable bonds is 6. The van der Waals surface area contributed by atoms with Gasteiger partial charge in [0.1, 0.15) is 5.82 Å². The lowest BCUT2D eigenvalue weighted by Gasteiger charge is -2.18. The second-order valence-electron chi connectivity index (χ2n) is 7.01. The zero-order chi connectivity index (χ0) is 19.9. The Morgan fingerprint density at radius 3 is 2.33 bits per heavy atom. The van der Waals surface area contributed by atoms with Crippen LogP contribution in [0.2, 0.25) is 0 Å². The van der Waals surface area contributed by atoms with E-state index in [1.54, 1.807) is 18.3 Å². The van der Waals surface area contributed by atoms with Crippen molar-refractivity contribution < 1.29 is 4.39 Å². The molecule has 2 atom stereocenters. The van der Waals surface area contributed by atoms with Gasteiger partial charge in [0.2, 0.25) is 0 Å². The Morgan fingerprint density at radius 2 is 1.78 bits per heavy atom. The summed E-state index contributed by atoms with van der Waals surface area (Å²) in [5, 5.41) is 0. The van der Waals surface area contributed by atoms with Crippen molar-refractivity contribution in [3.63, 3.8) is 0 Å². The molecule has 0 bridgehead atoms. The number of hydrogen-bond acceptors (Lipinski definition) is 1. The first-order valence-electron chi connectivity index (χ1n) is 10.0. The van der Waals surface area contributed by atoms with E-state index in [1.807, 2.05) is 19.9 Å². The van der Waals surface area contributed by atoms with Gasteiger partial charge >= 0.3 is 0 Å². The van der Waals surface area contributed by atoms with E-state index in [2.05, 4.69) is 44.2 Å². The van der Waals surface area contributed by atoms with E-state index < -0.39 is 0 Å². The molecule has 2 aromatic carbocycles. The van der Waals surface area contributed by atoms with Crippen LogP contribution < -0.4 is 5.73 Å². The summed E-state index contributed by atoms with van der Waals surface area (Å²) in [6, 6.07) is 15.2. The van der Waals surface area contributed by atoms with Crippen LogP contribution in [-0.4, -0.2) is 0 Å². The third-order valence-corrected chi connectivity index (χ3v) is 5.63. The summed E-state index contributed by atoms with van der Waals surface area (Å²) in [6.45, 7) is 8.64. The maximum atomic E-state index is 13.1. The Bertz CT molecular complexity index is 784. The highest BCUT2D eigenvalue weighted by Gasteiger charge is 2.51. The maximum absolute atomic E-state index is 13.1. The van der Waals surface area contributed by atoms with Crippen LogP contribution in [0.5, 0.6) is 0 Å². The fourth-order valence-corrected chi connectivity index (χ4v) is 3.93. The van der Waals surface area contributed by atoms with Gasteiger partial charge in [-0.3, -0.25) is 0 Å². The molecular weight excluding hydrogens is 333 g/mol. The molecule has 0 heterocycles. The summed E-state index contributed by atoms with van der Waals surface area (Å²) in [5.41, 5.74) is 10.8. The molecule has 2 unspecified atom stereocenters. The van der Waals surface area contributed by atoms with Gasteiger partial charge < -0.3 is 5.73 Å². The minimum Gasteiger partial charge on any atom is -0.404 e. The molecule has 0 radical (unpaired) electrons. The van der Waals surface area contributed by atoms with Crippen LogP contribution in [0.1, 0.15) is 57.2 Å². The van der Waals surface area contributed by atoms with E-state index in [9.17, 15) is 4.39 Å². The first-order chi connectivity index (χ1) is 13.1. The molecule has 1 aliphatic carbocycles. The normalized spacial score (nSPS) is 21.7. The molecule has 0 aliphatic heterocycles. The lowest BCUT2D eigenvalue weighted by atomic mass is 9.86. The summed E-state index contributed by atoms with van der Waals surface area (Å²) in [7, 11) is 0. The molecule has 0 amide bonds. The number of hydrogen-bond donors (Lipinski definition) is 1. The highest BCUT2D eigenvalue weighted by atomic mass is 19.1. The predicted molar refractivity (Wildman–Crippen MR) is 115 cm³/mol. The van der Waals surface area contributed by atoms with Gasteiger partial charge in [-0.25, -0.2) is 4.39 Å². The molecule has 1 aliphatic rings. The van der Waals surface area contributed by atoms with Crippen molar-refractivity contribution in [2.24, 2.45) is 11.7 Å². The topological polar surface area (TPSA) is 26.0 Å². The van der Waals surface area contributed by atoms with Gasteiger partial charge in [0, 0.05) is 6.20 Å². The Morgan fingerprint density at radius 1 is 1.15 bits per heavy atom. The fraction of sp³-hybridized carbons (Fsp3) is 0.360. The quantitative estimate of drug-likeness (QED) is 0.571. The second kappa shape index (κ2) is 9.55. The molecule has 1 nitrogen and oxygen atoms in total. The molecule has 1 saturated carbocycles. The van der Waals surface area contributed by atoms with Crippen molar-refractivity contribution in [1.29, 1.82) is 0 Å². The first-order valence-corrected chi connectivity index (χ1v) is 10.0. The molecule has 2 N–H and O–H groups in total. The van der Waals surface area contributed by atoms with Gasteiger partial charge in [-0.1, -0.05) is 76.2 Å².